The Labute approximate surface area is 113 Å². The molecule has 0 saturated carbocycles. The summed E-state index contributed by atoms with van der Waals surface area (Å²) in [7, 11) is 1.58. The van der Waals surface area contributed by atoms with E-state index in [4.69, 9.17) is 4.74 Å². The van der Waals surface area contributed by atoms with Crippen molar-refractivity contribution in [1.29, 1.82) is 0 Å². The van der Waals surface area contributed by atoms with Gasteiger partial charge in [-0.05, 0) is 19.9 Å². The van der Waals surface area contributed by atoms with Crippen LogP contribution < -0.4 is 10.6 Å². The maximum absolute atomic E-state index is 13.5. The number of halogens is 1. The summed E-state index contributed by atoms with van der Waals surface area (Å²) in [6.07, 6.45) is 0. The molecule has 0 aliphatic heterocycles. The van der Waals surface area contributed by atoms with E-state index in [9.17, 15) is 9.18 Å². The monoisotopic (exact) mass is 268 g/mol. The van der Waals surface area contributed by atoms with E-state index in [2.05, 4.69) is 10.6 Å². The Balaban J connectivity index is 2.42. The Morgan fingerprint density at radius 1 is 1.47 bits per heavy atom. The number of aryl methyl sites for hydroxylation is 1. The minimum atomic E-state index is -0.378. The minimum absolute atomic E-state index is 0.120. The molecule has 1 amide bonds. The molecule has 0 bridgehead atoms. The third-order valence-electron chi connectivity index (χ3n) is 2.80. The fraction of sp³-hybridized carbons (Fsp3) is 0.500. The highest BCUT2D eigenvalue weighted by Crippen LogP contribution is 2.09. The van der Waals surface area contributed by atoms with Crippen molar-refractivity contribution in [3.8, 4) is 0 Å². The highest BCUT2D eigenvalue weighted by molar-refractivity contribution is 5.81. The molecule has 0 fully saturated rings. The van der Waals surface area contributed by atoms with Crippen molar-refractivity contribution in [2.75, 3.05) is 20.3 Å². The third-order valence-corrected chi connectivity index (χ3v) is 2.80. The van der Waals surface area contributed by atoms with Crippen LogP contribution in [0, 0.1) is 12.7 Å². The average Bonchev–Trinajstić information content (AvgIpc) is 2.39. The summed E-state index contributed by atoms with van der Waals surface area (Å²) in [6, 6.07) is 4.56. The van der Waals surface area contributed by atoms with Crippen LogP contribution in [0.5, 0.6) is 0 Å². The second kappa shape index (κ2) is 7.86. The van der Waals surface area contributed by atoms with Crippen molar-refractivity contribution in [3.05, 3.63) is 35.1 Å². The first kappa shape index (κ1) is 15.6. The molecule has 1 atom stereocenters. The number of methoxy groups -OCH3 is 1. The van der Waals surface area contributed by atoms with Gasteiger partial charge in [-0.1, -0.05) is 17.7 Å². The number of carbonyl (C=O) groups excluding carboxylic acids is 1. The summed E-state index contributed by atoms with van der Waals surface area (Å²) in [4.78, 5) is 11.7. The molecule has 5 heteroatoms. The number of benzene rings is 1. The second-order valence-electron chi connectivity index (χ2n) is 4.48. The van der Waals surface area contributed by atoms with Gasteiger partial charge in [0.05, 0.1) is 12.6 Å². The number of nitrogens with one attached hydrogen (secondary N) is 2. The van der Waals surface area contributed by atoms with Gasteiger partial charge in [0.25, 0.3) is 0 Å². The summed E-state index contributed by atoms with van der Waals surface area (Å²) < 4.78 is 18.4. The molecule has 1 aromatic rings. The molecule has 0 radical (unpaired) electrons. The summed E-state index contributed by atoms with van der Waals surface area (Å²) in [5, 5.41) is 5.73. The maximum atomic E-state index is 13.5. The van der Waals surface area contributed by atoms with Gasteiger partial charge in [-0.3, -0.25) is 4.79 Å². The van der Waals surface area contributed by atoms with Crippen LogP contribution in [0.1, 0.15) is 18.1 Å². The van der Waals surface area contributed by atoms with Crippen molar-refractivity contribution < 1.29 is 13.9 Å². The maximum Gasteiger partial charge on any atom is 0.236 e. The van der Waals surface area contributed by atoms with E-state index in [1.807, 2.05) is 6.92 Å². The van der Waals surface area contributed by atoms with Gasteiger partial charge in [-0.2, -0.15) is 0 Å². The van der Waals surface area contributed by atoms with Crippen LogP contribution in [0.2, 0.25) is 0 Å². The first-order chi connectivity index (χ1) is 9.04. The van der Waals surface area contributed by atoms with Crippen molar-refractivity contribution in [2.24, 2.45) is 0 Å². The standard InChI is InChI=1S/C14H21FN2O2/c1-10-4-5-13(15)12(8-10)9-17-11(2)14(18)16-6-7-19-3/h4-5,8,11,17H,6-7,9H2,1-3H3,(H,16,18). The predicted molar refractivity (Wildman–Crippen MR) is 72.3 cm³/mol. The fourth-order valence-electron chi connectivity index (χ4n) is 1.62. The lowest BCUT2D eigenvalue weighted by Gasteiger charge is -2.14. The number of hydrogen-bond donors (Lipinski definition) is 2. The largest absolute Gasteiger partial charge is 0.383 e. The summed E-state index contributed by atoms with van der Waals surface area (Å²) in [5.74, 6) is -0.379. The minimum Gasteiger partial charge on any atom is -0.383 e. The number of hydrogen-bond acceptors (Lipinski definition) is 3. The predicted octanol–water partition coefficient (Wildman–Crippen LogP) is 1.37. The van der Waals surface area contributed by atoms with Gasteiger partial charge in [-0.15, -0.1) is 0 Å². The molecule has 1 rings (SSSR count). The van der Waals surface area contributed by atoms with E-state index in [1.165, 1.54) is 6.07 Å². The Kier molecular flexibility index (Phi) is 6.45. The first-order valence-electron chi connectivity index (χ1n) is 6.29. The van der Waals surface area contributed by atoms with Crippen LogP contribution in [0.4, 0.5) is 4.39 Å². The third kappa shape index (κ3) is 5.36. The highest BCUT2D eigenvalue weighted by Gasteiger charge is 2.12. The zero-order valence-electron chi connectivity index (χ0n) is 11.6. The quantitative estimate of drug-likeness (QED) is 0.734. The van der Waals surface area contributed by atoms with Crippen molar-refractivity contribution in [1.82, 2.24) is 10.6 Å². The second-order valence-corrected chi connectivity index (χ2v) is 4.48. The van der Waals surface area contributed by atoms with E-state index in [1.54, 1.807) is 26.2 Å². The summed E-state index contributed by atoms with van der Waals surface area (Å²) >= 11 is 0. The van der Waals surface area contributed by atoms with E-state index < -0.39 is 0 Å². The molecule has 0 spiro atoms. The topological polar surface area (TPSA) is 50.4 Å². The van der Waals surface area contributed by atoms with Gasteiger partial charge < -0.3 is 15.4 Å². The lowest BCUT2D eigenvalue weighted by atomic mass is 10.1. The molecule has 106 valence electrons. The number of rotatable bonds is 7. The molecule has 0 aromatic heterocycles. The Morgan fingerprint density at radius 3 is 2.89 bits per heavy atom. The van der Waals surface area contributed by atoms with Crippen LogP contribution in [0.25, 0.3) is 0 Å². The van der Waals surface area contributed by atoms with Crippen LogP contribution in [0.3, 0.4) is 0 Å². The van der Waals surface area contributed by atoms with Gasteiger partial charge in [-0.25, -0.2) is 4.39 Å². The van der Waals surface area contributed by atoms with E-state index in [-0.39, 0.29) is 17.8 Å². The SMILES string of the molecule is COCCNC(=O)C(C)NCc1cc(C)ccc1F. The Bertz CT molecular complexity index is 424. The Morgan fingerprint density at radius 2 is 2.21 bits per heavy atom. The van der Waals surface area contributed by atoms with Crippen molar-refractivity contribution >= 4 is 5.91 Å². The van der Waals surface area contributed by atoms with Crippen molar-refractivity contribution in [2.45, 2.75) is 26.4 Å². The van der Waals surface area contributed by atoms with Gasteiger partial charge in [0.15, 0.2) is 0 Å². The van der Waals surface area contributed by atoms with E-state index in [0.717, 1.165) is 5.56 Å². The number of amides is 1. The molecule has 19 heavy (non-hydrogen) atoms. The molecular weight excluding hydrogens is 247 g/mol. The molecule has 1 unspecified atom stereocenters. The normalized spacial score (nSPS) is 12.2. The van der Waals surface area contributed by atoms with Gasteiger partial charge in [0.1, 0.15) is 5.82 Å². The fourth-order valence-corrected chi connectivity index (χ4v) is 1.62. The van der Waals surface area contributed by atoms with Gasteiger partial charge >= 0.3 is 0 Å². The smallest absolute Gasteiger partial charge is 0.236 e. The molecule has 4 nitrogen and oxygen atoms in total. The molecule has 1 aromatic carbocycles. The molecule has 2 N–H and O–H groups in total. The lowest BCUT2D eigenvalue weighted by Crippen LogP contribution is -2.42. The molecule has 0 aliphatic rings. The zero-order valence-corrected chi connectivity index (χ0v) is 11.6. The van der Waals surface area contributed by atoms with Crippen LogP contribution in [-0.2, 0) is 16.1 Å². The zero-order chi connectivity index (χ0) is 14.3. The van der Waals surface area contributed by atoms with Crippen LogP contribution >= 0.6 is 0 Å². The van der Waals surface area contributed by atoms with Crippen LogP contribution in [-0.4, -0.2) is 32.2 Å². The Hall–Kier alpha value is -1.46. The first-order valence-corrected chi connectivity index (χ1v) is 6.29. The van der Waals surface area contributed by atoms with Gasteiger partial charge in [0, 0.05) is 25.8 Å². The molecule has 0 heterocycles. The molecule has 0 saturated heterocycles. The average molecular weight is 268 g/mol. The van der Waals surface area contributed by atoms with Crippen LogP contribution in [0.15, 0.2) is 18.2 Å². The van der Waals surface area contributed by atoms with Crippen molar-refractivity contribution in [3.63, 3.8) is 0 Å². The molecule has 0 aliphatic carbocycles. The van der Waals surface area contributed by atoms with Gasteiger partial charge in [0.2, 0.25) is 5.91 Å². The number of carbonyl (C=O) groups is 1. The summed E-state index contributed by atoms with van der Waals surface area (Å²) in [5.41, 5.74) is 1.56. The number of ether oxygens (including phenoxy) is 1. The lowest BCUT2D eigenvalue weighted by molar-refractivity contribution is -0.123. The van der Waals surface area contributed by atoms with E-state index in [0.29, 0.717) is 25.3 Å². The summed E-state index contributed by atoms with van der Waals surface area (Å²) in [6.45, 7) is 4.93. The van der Waals surface area contributed by atoms with E-state index >= 15 is 0 Å². The molecular formula is C14H21FN2O2. The highest BCUT2D eigenvalue weighted by atomic mass is 19.1.